The van der Waals surface area contributed by atoms with E-state index in [-0.39, 0.29) is 5.82 Å². The molecule has 2 nitrogen and oxygen atoms in total. The molecular formula is C14H18BrFN2. The van der Waals surface area contributed by atoms with Crippen molar-refractivity contribution in [1.82, 2.24) is 10.2 Å². The molecule has 0 saturated carbocycles. The molecule has 0 amide bonds. The van der Waals surface area contributed by atoms with Gasteiger partial charge in [-0.25, -0.2) is 4.39 Å². The summed E-state index contributed by atoms with van der Waals surface area (Å²) in [5.41, 5.74) is 1.01. The van der Waals surface area contributed by atoms with Crippen LogP contribution >= 0.6 is 15.9 Å². The van der Waals surface area contributed by atoms with E-state index in [1.54, 1.807) is 12.1 Å². The van der Waals surface area contributed by atoms with Crippen molar-refractivity contribution in [1.29, 1.82) is 0 Å². The van der Waals surface area contributed by atoms with E-state index in [1.165, 1.54) is 38.4 Å². The molecule has 2 aliphatic heterocycles. The molecule has 98 valence electrons. The smallest absolute Gasteiger partial charge is 0.123 e. The van der Waals surface area contributed by atoms with Gasteiger partial charge in [0.2, 0.25) is 0 Å². The Morgan fingerprint density at radius 3 is 3.11 bits per heavy atom. The van der Waals surface area contributed by atoms with E-state index in [1.807, 2.05) is 0 Å². The number of fused-ring (bicyclic) bond motifs is 1. The third kappa shape index (κ3) is 2.46. The number of nitrogens with one attached hydrogen (secondary N) is 1. The number of hydrogen-bond acceptors (Lipinski definition) is 2. The summed E-state index contributed by atoms with van der Waals surface area (Å²) in [5, 5.41) is 3.60. The van der Waals surface area contributed by atoms with Crippen molar-refractivity contribution in [3.8, 4) is 0 Å². The molecule has 0 spiro atoms. The zero-order valence-electron chi connectivity index (χ0n) is 10.3. The van der Waals surface area contributed by atoms with E-state index in [4.69, 9.17) is 0 Å². The summed E-state index contributed by atoms with van der Waals surface area (Å²) < 4.78 is 14.2. The van der Waals surface area contributed by atoms with Crippen LogP contribution in [0.3, 0.4) is 0 Å². The van der Waals surface area contributed by atoms with Gasteiger partial charge in [0.15, 0.2) is 0 Å². The molecule has 2 aliphatic rings. The minimum atomic E-state index is -0.163. The summed E-state index contributed by atoms with van der Waals surface area (Å²) >= 11 is 3.48. The molecule has 18 heavy (non-hydrogen) atoms. The van der Waals surface area contributed by atoms with Gasteiger partial charge < -0.3 is 5.32 Å². The molecule has 4 heteroatoms. The summed E-state index contributed by atoms with van der Waals surface area (Å²) in [6.45, 7) is 3.21. The summed E-state index contributed by atoms with van der Waals surface area (Å²) in [5.74, 6) is -0.163. The Morgan fingerprint density at radius 2 is 2.22 bits per heavy atom. The summed E-state index contributed by atoms with van der Waals surface area (Å²) in [6, 6.07) is 6.16. The molecule has 0 aromatic heterocycles. The maximum absolute atomic E-state index is 13.2. The largest absolute Gasteiger partial charge is 0.308 e. The molecule has 2 saturated heterocycles. The molecule has 2 heterocycles. The number of halogens is 2. The second-order valence-corrected chi connectivity index (χ2v) is 6.11. The zero-order valence-corrected chi connectivity index (χ0v) is 11.9. The summed E-state index contributed by atoms with van der Waals surface area (Å²) in [6.07, 6.45) is 3.85. The van der Waals surface area contributed by atoms with Crippen molar-refractivity contribution >= 4 is 15.9 Å². The van der Waals surface area contributed by atoms with Crippen LogP contribution in [-0.2, 0) is 6.54 Å². The molecule has 0 aliphatic carbocycles. The van der Waals surface area contributed by atoms with Gasteiger partial charge in [-0.15, -0.1) is 0 Å². The fourth-order valence-electron chi connectivity index (χ4n) is 3.24. The zero-order chi connectivity index (χ0) is 12.5. The van der Waals surface area contributed by atoms with Gasteiger partial charge in [0, 0.05) is 29.6 Å². The molecule has 2 unspecified atom stereocenters. The van der Waals surface area contributed by atoms with Gasteiger partial charge in [-0.2, -0.15) is 0 Å². The lowest BCUT2D eigenvalue weighted by molar-refractivity contribution is 0.298. The summed E-state index contributed by atoms with van der Waals surface area (Å²) in [7, 11) is 0. The minimum Gasteiger partial charge on any atom is -0.308 e. The molecule has 2 atom stereocenters. The maximum atomic E-state index is 13.2. The van der Waals surface area contributed by atoms with Gasteiger partial charge in [-0.1, -0.05) is 15.9 Å². The molecule has 2 fully saturated rings. The number of nitrogens with zero attached hydrogens (tertiary/aromatic N) is 1. The fraction of sp³-hybridized carbons (Fsp3) is 0.571. The van der Waals surface area contributed by atoms with E-state index in [0.29, 0.717) is 12.1 Å². The normalized spacial score (nSPS) is 27.7. The van der Waals surface area contributed by atoms with Crippen molar-refractivity contribution in [3.63, 3.8) is 0 Å². The Balaban J connectivity index is 1.62. The first-order chi connectivity index (χ1) is 8.74. The highest BCUT2D eigenvalue weighted by molar-refractivity contribution is 9.10. The highest BCUT2D eigenvalue weighted by Crippen LogP contribution is 2.28. The van der Waals surface area contributed by atoms with Crippen LogP contribution in [-0.4, -0.2) is 30.1 Å². The van der Waals surface area contributed by atoms with Crippen LogP contribution in [0.4, 0.5) is 4.39 Å². The maximum Gasteiger partial charge on any atom is 0.123 e. The van der Waals surface area contributed by atoms with E-state index < -0.39 is 0 Å². The topological polar surface area (TPSA) is 15.3 Å². The van der Waals surface area contributed by atoms with Gasteiger partial charge in [0.25, 0.3) is 0 Å². The Morgan fingerprint density at radius 1 is 1.33 bits per heavy atom. The van der Waals surface area contributed by atoms with Crippen molar-refractivity contribution in [2.45, 2.75) is 37.9 Å². The first-order valence-electron chi connectivity index (χ1n) is 6.65. The van der Waals surface area contributed by atoms with Crippen LogP contribution in [0.25, 0.3) is 0 Å². The van der Waals surface area contributed by atoms with E-state index >= 15 is 0 Å². The third-order valence-electron chi connectivity index (χ3n) is 4.17. The van der Waals surface area contributed by atoms with Crippen molar-refractivity contribution < 1.29 is 4.39 Å². The van der Waals surface area contributed by atoms with Crippen LogP contribution in [0.2, 0.25) is 0 Å². The van der Waals surface area contributed by atoms with E-state index in [0.717, 1.165) is 16.6 Å². The first kappa shape index (κ1) is 12.6. The Labute approximate surface area is 116 Å². The molecule has 0 radical (unpaired) electrons. The quantitative estimate of drug-likeness (QED) is 0.923. The van der Waals surface area contributed by atoms with Crippen LogP contribution in [0.15, 0.2) is 22.7 Å². The average molecular weight is 313 g/mol. The minimum absolute atomic E-state index is 0.163. The number of hydrogen-bond donors (Lipinski definition) is 1. The first-order valence-corrected chi connectivity index (χ1v) is 7.45. The second kappa shape index (κ2) is 5.27. The second-order valence-electron chi connectivity index (χ2n) is 5.26. The fourth-order valence-corrected chi connectivity index (χ4v) is 3.63. The standard InChI is InChI=1S/C14H18BrFN2/c15-12-4-3-11(16)8-10(12)9-17-13-5-7-18-6-1-2-14(13)18/h3-4,8,13-14,17H,1-2,5-7,9H2. The number of rotatable bonds is 3. The predicted molar refractivity (Wildman–Crippen MR) is 73.9 cm³/mol. The predicted octanol–water partition coefficient (Wildman–Crippen LogP) is 2.91. The van der Waals surface area contributed by atoms with Crippen LogP contribution in [0, 0.1) is 5.82 Å². The van der Waals surface area contributed by atoms with Crippen LogP contribution in [0.5, 0.6) is 0 Å². The summed E-state index contributed by atoms with van der Waals surface area (Å²) in [4.78, 5) is 2.58. The van der Waals surface area contributed by atoms with Crippen molar-refractivity contribution in [2.24, 2.45) is 0 Å². The monoisotopic (exact) mass is 312 g/mol. The van der Waals surface area contributed by atoms with Crippen molar-refractivity contribution in [2.75, 3.05) is 13.1 Å². The lowest BCUT2D eigenvalue weighted by Crippen LogP contribution is -2.38. The van der Waals surface area contributed by atoms with Gasteiger partial charge in [-0.05, 0) is 49.6 Å². The molecular weight excluding hydrogens is 295 g/mol. The molecule has 3 rings (SSSR count). The molecule has 1 aromatic carbocycles. The van der Waals surface area contributed by atoms with E-state index in [9.17, 15) is 4.39 Å². The SMILES string of the molecule is Fc1ccc(Br)c(CNC2CCN3CCCC23)c1. The molecule has 0 bridgehead atoms. The van der Waals surface area contributed by atoms with Gasteiger partial charge in [0.05, 0.1) is 0 Å². The molecule has 1 aromatic rings. The van der Waals surface area contributed by atoms with Crippen LogP contribution in [0.1, 0.15) is 24.8 Å². The highest BCUT2D eigenvalue weighted by atomic mass is 79.9. The Kier molecular flexibility index (Phi) is 3.68. The van der Waals surface area contributed by atoms with Gasteiger partial charge in [-0.3, -0.25) is 4.90 Å². The third-order valence-corrected chi connectivity index (χ3v) is 4.94. The number of benzene rings is 1. The lowest BCUT2D eigenvalue weighted by Gasteiger charge is -2.21. The Bertz CT molecular complexity index is 438. The van der Waals surface area contributed by atoms with Gasteiger partial charge >= 0.3 is 0 Å². The average Bonchev–Trinajstić information content (AvgIpc) is 2.93. The van der Waals surface area contributed by atoms with Crippen LogP contribution < -0.4 is 5.32 Å². The lowest BCUT2D eigenvalue weighted by atomic mass is 10.1. The van der Waals surface area contributed by atoms with E-state index in [2.05, 4.69) is 26.1 Å². The molecule has 1 N–H and O–H groups in total. The Hall–Kier alpha value is -0.450. The van der Waals surface area contributed by atoms with Gasteiger partial charge in [0.1, 0.15) is 5.82 Å². The van der Waals surface area contributed by atoms with Crippen molar-refractivity contribution in [3.05, 3.63) is 34.1 Å². The highest BCUT2D eigenvalue weighted by Gasteiger charge is 2.36.